The first-order valence-electron chi connectivity index (χ1n) is 6.27. The van der Waals surface area contributed by atoms with Gasteiger partial charge < -0.3 is 5.11 Å². The summed E-state index contributed by atoms with van der Waals surface area (Å²) in [5.41, 5.74) is 0.689. The topological polar surface area (TPSA) is 98.3 Å². The molecule has 1 aliphatic rings. The minimum Gasteiger partial charge on any atom is -0.476 e. The number of carbonyl (C=O) groups is 1. The highest BCUT2D eigenvalue weighted by Gasteiger charge is 2.28. The molecule has 1 heterocycles. The van der Waals surface area contributed by atoms with Crippen LogP contribution < -0.4 is 0 Å². The SMILES string of the molecule is O=C(O)c1nn(-c2cc([N+](=O)[O-])ccc2F)c2c1CCC2. The van der Waals surface area contributed by atoms with Crippen molar-refractivity contribution in [2.45, 2.75) is 19.3 Å². The van der Waals surface area contributed by atoms with Gasteiger partial charge in [-0.25, -0.2) is 13.9 Å². The molecule has 1 aromatic heterocycles. The van der Waals surface area contributed by atoms with E-state index < -0.39 is 16.7 Å². The Kier molecular flexibility index (Phi) is 2.93. The molecule has 8 heteroatoms. The molecule has 1 N–H and O–H groups in total. The maximum absolute atomic E-state index is 14.0. The standard InChI is InChI=1S/C13H10FN3O4/c14-9-5-4-7(17(20)21)6-11(9)16-10-3-1-2-8(10)12(15-16)13(18)19/h4-6H,1-3H2,(H,18,19). The van der Waals surface area contributed by atoms with Crippen LogP contribution in [-0.4, -0.2) is 25.8 Å². The van der Waals surface area contributed by atoms with Crippen molar-refractivity contribution >= 4 is 11.7 Å². The van der Waals surface area contributed by atoms with Gasteiger partial charge in [0.2, 0.25) is 0 Å². The minimum atomic E-state index is -1.18. The smallest absolute Gasteiger partial charge is 0.356 e. The Morgan fingerprint density at radius 1 is 1.43 bits per heavy atom. The molecule has 0 saturated heterocycles. The normalized spacial score (nSPS) is 13.2. The summed E-state index contributed by atoms with van der Waals surface area (Å²) in [6.45, 7) is 0. The zero-order valence-electron chi connectivity index (χ0n) is 10.7. The van der Waals surface area contributed by atoms with E-state index in [1.165, 1.54) is 4.68 Å². The molecule has 0 fully saturated rings. The van der Waals surface area contributed by atoms with E-state index >= 15 is 0 Å². The van der Waals surface area contributed by atoms with E-state index in [1.54, 1.807) is 0 Å². The van der Waals surface area contributed by atoms with Crippen LogP contribution >= 0.6 is 0 Å². The molecular formula is C13H10FN3O4. The largest absolute Gasteiger partial charge is 0.476 e. The summed E-state index contributed by atoms with van der Waals surface area (Å²) in [6.07, 6.45) is 1.88. The number of hydrogen-bond acceptors (Lipinski definition) is 4. The van der Waals surface area contributed by atoms with Gasteiger partial charge >= 0.3 is 5.97 Å². The van der Waals surface area contributed by atoms with Crippen LogP contribution in [0, 0.1) is 15.9 Å². The molecule has 21 heavy (non-hydrogen) atoms. The second-order valence-electron chi connectivity index (χ2n) is 4.74. The number of carboxylic acid groups (broad SMARTS) is 1. The van der Waals surface area contributed by atoms with Gasteiger partial charge in [0.1, 0.15) is 11.5 Å². The number of nitro benzene ring substituents is 1. The van der Waals surface area contributed by atoms with E-state index in [1.807, 2.05) is 0 Å². The fraction of sp³-hybridized carbons (Fsp3) is 0.231. The highest BCUT2D eigenvalue weighted by molar-refractivity contribution is 5.87. The fourth-order valence-corrected chi connectivity index (χ4v) is 2.59. The van der Waals surface area contributed by atoms with Crippen molar-refractivity contribution in [2.75, 3.05) is 0 Å². The lowest BCUT2D eigenvalue weighted by atomic mass is 10.2. The predicted octanol–water partition coefficient (Wildman–Crippen LogP) is 2.11. The van der Waals surface area contributed by atoms with Crippen LogP contribution in [0.15, 0.2) is 18.2 Å². The first-order valence-corrected chi connectivity index (χ1v) is 6.27. The number of carboxylic acids is 1. The van der Waals surface area contributed by atoms with Gasteiger partial charge in [0, 0.05) is 23.4 Å². The number of non-ortho nitro benzene ring substituents is 1. The van der Waals surface area contributed by atoms with Crippen LogP contribution in [-0.2, 0) is 12.8 Å². The molecular weight excluding hydrogens is 281 g/mol. The van der Waals surface area contributed by atoms with Crippen LogP contribution in [0.5, 0.6) is 0 Å². The van der Waals surface area contributed by atoms with Crippen molar-refractivity contribution in [3.05, 3.63) is 51.1 Å². The Bertz CT molecular complexity index is 769. The van der Waals surface area contributed by atoms with E-state index in [0.29, 0.717) is 24.1 Å². The summed E-state index contributed by atoms with van der Waals surface area (Å²) in [5, 5.41) is 23.9. The number of aromatic nitrogens is 2. The average Bonchev–Trinajstić information content (AvgIpc) is 3.00. The van der Waals surface area contributed by atoms with Crippen LogP contribution in [0.4, 0.5) is 10.1 Å². The Morgan fingerprint density at radius 3 is 2.86 bits per heavy atom. The highest BCUT2D eigenvalue weighted by atomic mass is 19.1. The molecule has 3 rings (SSSR count). The monoisotopic (exact) mass is 291 g/mol. The summed E-state index contributed by atoms with van der Waals surface area (Å²) in [5.74, 6) is -1.87. The maximum atomic E-state index is 14.0. The van der Waals surface area contributed by atoms with Crippen molar-refractivity contribution in [1.82, 2.24) is 9.78 Å². The maximum Gasteiger partial charge on any atom is 0.356 e. The third-order valence-corrected chi connectivity index (χ3v) is 3.50. The summed E-state index contributed by atoms with van der Waals surface area (Å²) >= 11 is 0. The first kappa shape index (κ1) is 13.2. The lowest BCUT2D eigenvalue weighted by Crippen LogP contribution is -2.06. The zero-order valence-corrected chi connectivity index (χ0v) is 10.7. The number of rotatable bonds is 3. The van der Waals surface area contributed by atoms with Gasteiger partial charge in [-0.2, -0.15) is 5.10 Å². The number of nitro groups is 1. The predicted molar refractivity (Wildman–Crippen MR) is 69.2 cm³/mol. The van der Waals surface area contributed by atoms with Crippen LogP contribution in [0.2, 0.25) is 0 Å². The molecule has 0 amide bonds. The number of hydrogen-bond donors (Lipinski definition) is 1. The molecule has 0 atom stereocenters. The Balaban J connectivity index is 2.22. The fourth-order valence-electron chi connectivity index (χ4n) is 2.59. The third kappa shape index (κ3) is 2.04. The van der Waals surface area contributed by atoms with Gasteiger partial charge in [-0.05, 0) is 25.3 Å². The molecule has 0 bridgehead atoms. The average molecular weight is 291 g/mol. The second-order valence-corrected chi connectivity index (χ2v) is 4.74. The van der Waals surface area contributed by atoms with Gasteiger partial charge in [0.25, 0.3) is 5.69 Å². The highest BCUT2D eigenvalue weighted by Crippen LogP contribution is 2.30. The first-order chi connectivity index (χ1) is 9.99. The number of nitrogens with zero attached hydrogens (tertiary/aromatic N) is 3. The number of fused-ring (bicyclic) bond motifs is 1. The number of aromatic carboxylic acids is 1. The van der Waals surface area contributed by atoms with Crippen molar-refractivity contribution in [3.63, 3.8) is 0 Å². The van der Waals surface area contributed by atoms with Gasteiger partial charge in [-0.3, -0.25) is 10.1 Å². The Hall–Kier alpha value is -2.77. The third-order valence-electron chi connectivity index (χ3n) is 3.50. The number of benzene rings is 1. The molecule has 108 valence electrons. The molecule has 0 saturated carbocycles. The van der Waals surface area contributed by atoms with Gasteiger partial charge in [0.15, 0.2) is 5.69 Å². The lowest BCUT2D eigenvalue weighted by Gasteiger charge is -2.06. The molecule has 1 aromatic carbocycles. The molecule has 0 radical (unpaired) electrons. The van der Waals surface area contributed by atoms with Crippen molar-refractivity contribution in [3.8, 4) is 5.69 Å². The van der Waals surface area contributed by atoms with Gasteiger partial charge in [-0.1, -0.05) is 0 Å². The van der Waals surface area contributed by atoms with E-state index in [-0.39, 0.29) is 17.1 Å². The lowest BCUT2D eigenvalue weighted by molar-refractivity contribution is -0.384. The van der Waals surface area contributed by atoms with E-state index in [0.717, 1.165) is 24.6 Å². The summed E-state index contributed by atoms with van der Waals surface area (Å²) in [4.78, 5) is 21.4. The molecule has 0 spiro atoms. The summed E-state index contributed by atoms with van der Waals surface area (Å²) < 4.78 is 15.1. The Labute approximate surface area is 117 Å². The van der Waals surface area contributed by atoms with Crippen LogP contribution in [0.25, 0.3) is 5.69 Å². The van der Waals surface area contributed by atoms with Crippen molar-refractivity contribution in [1.29, 1.82) is 0 Å². The van der Waals surface area contributed by atoms with Gasteiger partial charge in [-0.15, -0.1) is 0 Å². The van der Waals surface area contributed by atoms with Gasteiger partial charge in [0.05, 0.1) is 4.92 Å². The molecule has 7 nitrogen and oxygen atoms in total. The summed E-state index contributed by atoms with van der Waals surface area (Å²) in [6, 6.07) is 3.10. The van der Waals surface area contributed by atoms with Crippen molar-refractivity contribution in [2.24, 2.45) is 0 Å². The van der Waals surface area contributed by atoms with Crippen LogP contribution in [0.1, 0.15) is 28.2 Å². The quantitative estimate of drug-likeness (QED) is 0.689. The summed E-state index contributed by atoms with van der Waals surface area (Å²) in [7, 11) is 0. The van der Waals surface area contributed by atoms with E-state index in [2.05, 4.69) is 5.10 Å². The molecule has 0 unspecified atom stereocenters. The van der Waals surface area contributed by atoms with E-state index in [4.69, 9.17) is 5.11 Å². The zero-order chi connectivity index (χ0) is 15.1. The molecule has 0 aliphatic heterocycles. The van der Waals surface area contributed by atoms with E-state index in [9.17, 15) is 19.3 Å². The molecule has 1 aliphatic carbocycles. The minimum absolute atomic E-state index is 0.102. The Morgan fingerprint density at radius 2 is 2.19 bits per heavy atom. The van der Waals surface area contributed by atoms with Crippen molar-refractivity contribution < 1.29 is 19.2 Å². The molecule has 2 aromatic rings. The number of halogens is 1. The second kappa shape index (κ2) is 4.65. The van der Waals surface area contributed by atoms with Crippen LogP contribution in [0.3, 0.4) is 0 Å².